The summed E-state index contributed by atoms with van der Waals surface area (Å²) in [7, 11) is 0. The van der Waals surface area contributed by atoms with Gasteiger partial charge in [0, 0.05) is 12.8 Å². The molecule has 0 amide bonds. The van der Waals surface area contributed by atoms with Gasteiger partial charge in [0.05, 0.1) is 0 Å². The maximum atomic E-state index is 10.1. The van der Waals surface area contributed by atoms with Crippen molar-refractivity contribution in [2.75, 3.05) is 0 Å². The molecule has 0 radical (unpaired) electrons. The van der Waals surface area contributed by atoms with Gasteiger partial charge in [-0.3, -0.25) is 0 Å². The van der Waals surface area contributed by atoms with Crippen LogP contribution in [0, 0.1) is 0 Å². The molecule has 0 unspecified atom stereocenters. The molecule has 0 fully saturated rings. The number of para-hydroxylation sites is 2. The van der Waals surface area contributed by atoms with E-state index >= 15 is 0 Å². The van der Waals surface area contributed by atoms with Crippen LogP contribution in [0.25, 0.3) is 0 Å². The molecule has 0 aliphatic carbocycles. The molecule has 0 heterocycles. The number of phenols is 3. The largest absolute Gasteiger partial charge is 0.508 e. The van der Waals surface area contributed by atoms with E-state index in [4.69, 9.17) is 0 Å². The highest BCUT2D eigenvalue weighted by Crippen LogP contribution is 2.27. The lowest BCUT2D eigenvalue weighted by atomic mass is 9.97. The van der Waals surface area contributed by atoms with Crippen LogP contribution in [0.15, 0.2) is 66.7 Å². The second-order valence-electron chi connectivity index (χ2n) is 5.57. The minimum Gasteiger partial charge on any atom is -0.508 e. The van der Waals surface area contributed by atoms with Crippen LogP contribution in [0.5, 0.6) is 17.2 Å². The molecule has 3 aromatic carbocycles. The van der Waals surface area contributed by atoms with Crippen LogP contribution in [-0.4, -0.2) is 15.3 Å². The third-order valence-electron chi connectivity index (χ3n) is 3.90. The molecule has 0 atom stereocenters. The summed E-state index contributed by atoms with van der Waals surface area (Å²) >= 11 is 0. The zero-order valence-electron chi connectivity index (χ0n) is 12.6. The van der Waals surface area contributed by atoms with Crippen molar-refractivity contribution < 1.29 is 15.3 Å². The van der Waals surface area contributed by atoms with Gasteiger partial charge in [0.2, 0.25) is 0 Å². The summed E-state index contributed by atoms with van der Waals surface area (Å²) in [5.74, 6) is 0.690. The Morgan fingerprint density at radius 2 is 1.04 bits per heavy atom. The lowest BCUT2D eigenvalue weighted by molar-refractivity contribution is 0.462. The fourth-order valence-electron chi connectivity index (χ4n) is 2.64. The first-order chi connectivity index (χ1) is 11.1. The van der Waals surface area contributed by atoms with Crippen LogP contribution in [0.1, 0.15) is 22.3 Å². The third kappa shape index (κ3) is 3.46. The Labute approximate surface area is 135 Å². The normalized spacial score (nSPS) is 10.6. The van der Waals surface area contributed by atoms with Crippen LogP contribution in [0.4, 0.5) is 0 Å². The Hall–Kier alpha value is -2.94. The van der Waals surface area contributed by atoms with E-state index in [1.54, 1.807) is 30.3 Å². The minimum atomic E-state index is 0.203. The van der Waals surface area contributed by atoms with Crippen LogP contribution >= 0.6 is 0 Å². The number of rotatable bonds is 4. The van der Waals surface area contributed by atoms with E-state index in [0.29, 0.717) is 12.8 Å². The number of benzene rings is 3. The van der Waals surface area contributed by atoms with Gasteiger partial charge in [0.1, 0.15) is 17.2 Å². The molecule has 3 rings (SSSR count). The second kappa shape index (κ2) is 6.44. The van der Waals surface area contributed by atoms with Gasteiger partial charge in [0.25, 0.3) is 0 Å². The van der Waals surface area contributed by atoms with Crippen LogP contribution < -0.4 is 0 Å². The van der Waals surface area contributed by atoms with Gasteiger partial charge in [-0.25, -0.2) is 0 Å². The molecule has 0 spiro atoms. The highest BCUT2D eigenvalue weighted by Gasteiger charge is 2.09. The van der Waals surface area contributed by atoms with Gasteiger partial charge in [-0.1, -0.05) is 48.5 Å². The summed E-state index contributed by atoms with van der Waals surface area (Å²) in [6, 6.07) is 19.7. The molecule has 0 saturated heterocycles. The van der Waals surface area contributed by atoms with Crippen molar-refractivity contribution in [3.8, 4) is 17.2 Å². The summed E-state index contributed by atoms with van der Waals surface area (Å²) in [6.07, 6.45) is 1.04. The molecule has 3 aromatic rings. The van der Waals surface area contributed by atoms with Crippen molar-refractivity contribution in [2.24, 2.45) is 0 Å². The van der Waals surface area contributed by atoms with E-state index in [0.717, 1.165) is 22.3 Å². The first-order valence-electron chi connectivity index (χ1n) is 7.48. The topological polar surface area (TPSA) is 60.7 Å². The summed E-state index contributed by atoms with van der Waals surface area (Å²) < 4.78 is 0. The van der Waals surface area contributed by atoms with Gasteiger partial charge in [-0.05, 0) is 40.5 Å². The number of aromatic hydroxyl groups is 3. The Bertz CT molecular complexity index is 825. The smallest absolute Gasteiger partial charge is 0.119 e. The monoisotopic (exact) mass is 306 g/mol. The Kier molecular flexibility index (Phi) is 4.20. The predicted molar refractivity (Wildman–Crippen MR) is 89.9 cm³/mol. The minimum absolute atomic E-state index is 0.203. The Balaban J connectivity index is 1.88. The van der Waals surface area contributed by atoms with Gasteiger partial charge in [-0.2, -0.15) is 0 Å². The first-order valence-corrected chi connectivity index (χ1v) is 7.48. The number of phenolic OH excluding ortho intramolecular Hbond substituents is 3. The Morgan fingerprint density at radius 3 is 1.65 bits per heavy atom. The molecular weight excluding hydrogens is 288 g/mol. The average Bonchev–Trinajstić information content (AvgIpc) is 2.55. The fourth-order valence-corrected chi connectivity index (χ4v) is 2.64. The van der Waals surface area contributed by atoms with Crippen molar-refractivity contribution in [3.05, 3.63) is 89.0 Å². The van der Waals surface area contributed by atoms with E-state index < -0.39 is 0 Å². The zero-order valence-corrected chi connectivity index (χ0v) is 12.6. The number of hydrogen-bond donors (Lipinski definition) is 3. The van der Waals surface area contributed by atoms with E-state index in [2.05, 4.69) is 0 Å². The lowest BCUT2D eigenvalue weighted by Crippen LogP contribution is -1.94. The predicted octanol–water partition coefficient (Wildman–Crippen LogP) is 3.99. The molecule has 3 nitrogen and oxygen atoms in total. The lowest BCUT2D eigenvalue weighted by Gasteiger charge is -2.10. The maximum absolute atomic E-state index is 10.1. The van der Waals surface area contributed by atoms with Gasteiger partial charge in [0.15, 0.2) is 0 Å². The summed E-state index contributed by atoms with van der Waals surface area (Å²) in [5.41, 5.74) is 3.35. The standard InChI is InChI=1S/C20H18O3/c21-18-7-3-1-5-15(18)11-14-9-10-20(23)17(12-14)13-16-6-2-4-8-19(16)22/h1-10,12,21-23H,11,13H2. The second-order valence-corrected chi connectivity index (χ2v) is 5.57. The molecule has 3 N–H and O–H groups in total. The van der Waals surface area contributed by atoms with Gasteiger partial charge in [-0.15, -0.1) is 0 Å². The van der Waals surface area contributed by atoms with Crippen molar-refractivity contribution in [3.63, 3.8) is 0 Å². The summed E-state index contributed by atoms with van der Waals surface area (Å²) in [6.45, 7) is 0. The van der Waals surface area contributed by atoms with Crippen molar-refractivity contribution in [2.45, 2.75) is 12.8 Å². The maximum Gasteiger partial charge on any atom is 0.119 e. The first kappa shape index (κ1) is 15.0. The highest BCUT2D eigenvalue weighted by molar-refractivity contribution is 5.45. The summed E-state index contributed by atoms with van der Waals surface area (Å²) in [5, 5.41) is 29.9. The average molecular weight is 306 g/mol. The number of hydrogen-bond acceptors (Lipinski definition) is 3. The fraction of sp³-hybridized carbons (Fsp3) is 0.100. The van der Waals surface area contributed by atoms with Gasteiger partial charge < -0.3 is 15.3 Å². The Morgan fingerprint density at radius 1 is 0.522 bits per heavy atom. The quantitative estimate of drug-likeness (QED) is 0.683. The van der Waals surface area contributed by atoms with Crippen LogP contribution in [-0.2, 0) is 12.8 Å². The van der Waals surface area contributed by atoms with Gasteiger partial charge >= 0.3 is 0 Å². The molecule has 0 aromatic heterocycles. The molecule has 3 heteroatoms. The van der Waals surface area contributed by atoms with E-state index in [1.165, 1.54) is 0 Å². The van der Waals surface area contributed by atoms with E-state index in [-0.39, 0.29) is 17.2 Å². The third-order valence-corrected chi connectivity index (χ3v) is 3.90. The summed E-state index contributed by atoms with van der Waals surface area (Å²) in [4.78, 5) is 0. The molecule has 0 aliphatic heterocycles. The molecule has 23 heavy (non-hydrogen) atoms. The molecule has 0 saturated carbocycles. The van der Waals surface area contributed by atoms with Crippen molar-refractivity contribution in [1.29, 1.82) is 0 Å². The van der Waals surface area contributed by atoms with E-state index in [1.807, 2.05) is 36.4 Å². The van der Waals surface area contributed by atoms with Crippen molar-refractivity contribution >= 4 is 0 Å². The highest BCUT2D eigenvalue weighted by atomic mass is 16.3. The molecule has 0 bridgehead atoms. The van der Waals surface area contributed by atoms with Crippen LogP contribution in [0.2, 0.25) is 0 Å². The SMILES string of the molecule is Oc1ccccc1Cc1ccc(O)c(Cc2ccccc2O)c1. The zero-order chi connectivity index (χ0) is 16.2. The molecule has 116 valence electrons. The van der Waals surface area contributed by atoms with Crippen molar-refractivity contribution in [1.82, 2.24) is 0 Å². The molecule has 0 aliphatic rings. The molecular formula is C20H18O3. The van der Waals surface area contributed by atoms with E-state index in [9.17, 15) is 15.3 Å². The van der Waals surface area contributed by atoms with Crippen LogP contribution in [0.3, 0.4) is 0 Å².